The van der Waals surface area contributed by atoms with E-state index in [0.717, 1.165) is 0 Å². The van der Waals surface area contributed by atoms with Crippen LogP contribution in [0, 0.1) is 18.3 Å². The van der Waals surface area contributed by atoms with Crippen LogP contribution < -0.4 is 24.7 Å². The first-order valence-electron chi connectivity index (χ1n) is 8.51. The maximum Gasteiger partial charge on any atom is 0.342 e. The summed E-state index contributed by atoms with van der Waals surface area (Å²) in [6.07, 6.45) is 0. The molecular formula is C20H20N2O6S. The predicted molar refractivity (Wildman–Crippen MR) is 106 cm³/mol. The van der Waals surface area contributed by atoms with Gasteiger partial charge in [0.05, 0.1) is 39.2 Å². The molecule has 2 N–H and O–H groups in total. The van der Waals surface area contributed by atoms with Gasteiger partial charge in [-0.25, -0.2) is 4.79 Å². The van der Waals surface area contributed by atoms with Gasteiger partial charge in [0.1, 0.15) is 17.2 Å². The molecule has 3 rings (SSSR count). The molecule has 0 amide bonds. The van der Waals surface area contributed by atoms with Crippen LogP contribution in [0.4, 0.5) is 0 Å². The number of nitriles is 1. The van der Waals surface area contributed by atoms with Crippen LogP contribution in [0.3, 0.4) is 0 Å². The second-order valence-electron chi connectivity index (χ2n) is 6.07. The number of allylic oxidation sites excluding steroid dienone is 1. The fourth-order valence-corrected chi connectivity index (χ4v) is 4.59. The molecule has 1 atom stereocenters. The minimum absolute atomic E-state index is 0.0789. The highest BCUT2D eigenvalue weighted by atomic mass is 32.1. The monoisotopic (exact) mass is 416 g/mol. The van der Waals surface area contributed by atoms with E-state index in [2.05, 4.69) is 6.07 Å². The van der Waals surface area contributed by atoms with Crippen molar-refractivity contribution in [2.75, 3.05) is 28.4 Å². The molecule has 0 fully saturated rings. The van der Waals surface area contributed by atoms with E-state index in [9.17, 15) is 10.1 Å². The SMILES string of the molecule is COC(=O)c1c(C)sc2c1OC(N)=C(C#N)[C@@H]2c1ccc(OC)c(OC)c1OC. The van der Waals surface area contributed by atoms with Gasteiger partial charge in [-0.2, -0.15) is 5.26 Å². The second-order valence-corrected chi connectivity index (χ2v) is 7.32. The Morgan fingerprint density at radius 2 is 1.86 bits per heavy atom. The standard InChI is InChI=1S/C20H20N2O6S/c1-9-13(20(23)27-5)17-18(29-9)14(11(8-21)19(22)28-17)10-6-7-12(24-2)16(26-4)15(10)25-3/h6-7,14H,22H2,1-5H3/t14-/m0/s1. The summed E-state index contributed by atoms with van der Waals surface area (Å²) in [5.74, 6) is 0.330. The Morgan fingerprint density at radius 1 is 1.17 bits per heavy atom. The summed E-state index contributed by atoms with van der Waals surface area (Å²) in [6.45, 7) is 1.78. The van der Waals surface area contributed by atoms with E-state index in [1.54, 1.807) is 19.1 Å². The number of nitrogens with zero attached hydrogens (tertiary/aromatic N) is 1. The highest BCUT2D eigenvalue weighted by Gasteiger charge is 2.39. The average Bonchev–Trinajstić information content (AvgIpc) is 3.05. The number of esters is 1. The number of hydrogen-bond acceptors (Lipinski definition) is 9. The van der Waals surface area contributed by atoms with Gasteiger partial charge in [0, 0.05) is 10.4 Å². The molecule has 0 radical (unpaired) electrons. The van der Waals surface area contributed by atoms with E-state index in [-0.39, 0.29) is 22.8 Å². The van der Waals surface area contributed by atoms with Gasteiger partial charge in [-0.15, -0.1) is 11.3 Å². The fraction of sp³-hybridized carbons (Fsp3) is 0.300. The van der Waals surface area contributed by atoms with Gasteiger partial charge >= 0.3 is 5.97 Å². The normalized spacial score (nSPS) is 15.1. The van der Waals surface area contributed by atoms with Crippen LogP contribution in [0.5, 0.6) is 23.0 Å². The molecule has 2 heterocycles. The third-order valence-corrected chi connectivity index (χ3v) is 5.80. The number of benzene rings is 1. The van der Waals surface area contributed by atoms with Crippen molar-refractivity contribution in [1.29, 1.82) is 5.26 Å². The van der Waals surface area contributed by atoms with Crippen LogP contribution in [-0.2, 0) is 4.74 Å². The molecule has 0 aliphatic carbocycles. The van der Waals surface area contributed by atoms with E-state index < -0.39 is 11.9 Å². The lowest BCUT2D eigenvalue weighted by molar-refractivity contribution is 0.0597. The van der Waals surface area contributed by atoms with Crippen molar-refractivity contribution in [2.24, 2.45) is 5.73 Å². The van der Waals surface area contributed by atoms with Gasteiger partial charge < -0.3 is 29.4 Å². The topological polar surface area (TPSA) is 113 Å². The minimum Gasteiger partial charge on any atom is -0.493 e. The third-order valence-electron chi connectivity index (χ3n) is 4.65. The second kappa shape index (κ2) is 7.93. The van der Waals surface area contributed by atoms with Gasteiger partial charge in [0.25, 0.3) is 0 Å². The van der Waals surface area contributed by atoms with Gasteiger partial charge in [-0.1, -0.05) is 6.07 Å². The lowest BCUT2D eigenvalue weighted by Gasteiger charge is -2.26. The van der Waals surface area contributed by atoms with E-state index >= 15 is 0 Å². The summed E-state index contributed by atoms with van der Waals surface area (Å²) in [5.41, 5.74) is 7.19. The predicted octanol–water partition coefficient (Wildman–Crippen LogP) is 3.09. The van der Waals surface area contributed by atoms with Crippen molar-refractivity contribution in [1.82, 2.24) is 0 Å². The number of rotatable bonds is 5. The van der Waals surface area contributed by atoms with E-state index in [0.29, 0.717) is 32.6 Å². The molecule has 0 bridgehead atoms. The Morgan fingerprint density at radius 3 is 2.41 bits per heavy atom. The molecule has 0 saturated heterocycles. The first kappa shape index (κ1) is 20.4. The summed E-state index contributed by atoms with van der Waals surface area (Å²) in [6, 6.07) is 5.62. The zero-order chi connectivity index (χ0) is 21.3. The van der Waals surface area contributed by atoms with Crippen molar-refractivity contribution in [3.63, 3.8) is 0 Å². The molecule has 152 valence electrons. The van der Waals surface area contributed by atoms with Gasteiger partial charge in [0.15, 0.2) is 17.2 Å². The third kappa shape index (κ3) is 3.11. The molecule has 8 nitrogen and oxygen atoms in total. The molecule has 1 aromatic heterocycles. The van der Waals surface area contributed by atoms with Gasteiger partial charge in [-0.3, -0.25) is 0 Å². The lowest BCUT2D eigenvalue weighted by atomic mass is 9.87. The van der Waals surface area contributed by atoms with Crippen LogP contribution >= 0.6 is 11.3 Å². The van der Waals surface area contributed by atoms with Crippen molar-refractivity contribution in [3.05, 3.63) is 44.5 Å². The average molecular weight is 416 g/mol. The number of methoxy groups -OCH3 is 4. The van der Waals surface area contributed by atoms with Crippen LogP contribution in [0.15, 0.2) is 23.6 Å². The lowest BCUT2D eigenvalue weighted by Crippen LogP contribution is -2.21. The molecule has 9 heteroatoms. The van der Waals surface area contributed by atoms with Crippen LogP contribution in [-0.4, -0.2) is 34.4 Å². The summed E-state index contributed by atoms with van der Waals surface area (Å²) in [5, 5.41) is 9.79. The molecule has 0 unspecified atom stereocenters. The summed E-state index contributed by atoms with van der Waals surface area (Å²) < 4.78 is 27.0. The summed E-state index contributed by atoms with van der Waals surface area (Å²) in [4.78, 5) is 13.6. The molecular weight excluding hydrogens is 396 g/mol. The highest BCUT2D eigenvalue weighted by molar-refractivity contribution is 7.12. The van der Waals surface area contributed by atoms with E-state index in [1.807, 2.05) is 0 Å². The number of ether oxygens (including phenoxy) is 5. The molecule has 1 aliphatic rings. The molecule has 1 aliphatic heterocycles. The Kier molecular flexibility index (Phi) is 5.57. The van der Waals surface area contributed by atoms with Crippen LogP contribution in [0.25, 0.3) is 0 Å². The number of carbonyl (C=O) groups is 1. The fourth-order valence-electron chi connectivity index (χ4n) is 3.38. The van der Waals surface area contributed by atoms with E-state index in [4.69, 9.17) is 29.4 Å². The van der Waals surface area contributed by atoms with Crippen LogP contribution in [0.2, 0.25) is 0 Å². The molecule has 1 aromatic carbocycles. The maximum absolute atomic E-state index is 12.3. The van der Waals surface area contributed by atoms with Crippen molar-refractivity contribution >= 4 is 17.3 Å². The van der Waals surface area contributed by atoms with Crippen LogP contribution in [0.1, 0.15) is 31.6 Å². The molecule has 2 aromatic rings. The Labute approximate surface area is 172 Å². The zero-order valence-electron chi connectivity index (χ0n) is 16.6. The number of nitrogens with two attached hydrogens (primary N) is 1. The number of hydrogen-bond donors (Lipinski definition) is 1. The van der Waals surface area contributed by atoms with Gasteiger partial charge in [0.2, 0.25) is 11.6 Å². The zero-order valence-corrected chi connectivity index (χ0v) is 17.4. The van der Waals surface area contributed by atoms with Crippen molar-refractivity contribution < 1.29 is 28.5 Å². The number of carbonyl (C=O) groups excluding carboxylic acids is 1. The van der Waals surface area contributed by atoms with E-state index in [1.165, 1.54) is 39.8 Å². The quantitative estimate of drug-likeness (QED) is 0.740. The largest absolute Gasteiger partial charge is 0.493 e. The first-order valence-corrected chi connectivity index (χ1v) is 9.33. The minimum atomic E-state index is -0.611. The molecule has 29 heavy (non-hydrogen) atoms. The molecule has 0 spiro atoms. The van der Waals surface area contributed by atoms with Crippen molar-refractivity contribution in [2.45, 2.75) is 12.8 Å². The molecule has 0 saturated carbocycles. The summed E-state index contributed by atoms with van der Waals surface area (Å²) >= 11 is 1.33. The number of fused-ring (bicyclic) bond motifs is 1. The Balaban J connectivity index is 2.33. The van der Waals surface area contributed by atoms with Crippen molar-refractivity contribution in [3.8, 4) is 29.1 Å². The van der Waals surface area contributed by atoms with Gasteiger partial charge in [-0.05, 0) is 13.0 Å². The highest BCUT2D eigenvalue weighted by Crippen LogP contribution is 2.53. The summed E-state index contributed by atoms with van der Waals surface area (Å²) in [7, 11) is 5.82. The number of thiophene rings is 1. The Bertz CT molecular complexity index is 1050. The smallest absolute Gasteiger partial charge is 0.342 e. The Hall–Kier alpha value is -3.38. The maximum atomic E-state index is 12.3. The number of aryl methyl sites for hydroxylation is 1. The first-order chi connectivity index (χ1) is 13.9.